The van der Waals surface area contributed by atoms with Crippen molar-refractivity contribution in [2.45, 2.75) is 32.2 Å². The fourth-order valence-corrected chi connectivity index (χ4v) is 3.58. The summed E-state index contributed by atoms with van der Waals surface area (Å²) in [6.07, 6.45) is 4.74. The van der Waals surface area contributed by atoms with Crippen LogP contribution in [0, 0.1) is 0 Å². The summed E-state index contributed by atoms with van der Waals surface area (Å²) < 4.78 is 9.51. The first-order chi connectivity index (χ1) is 13.0. The molecule has 144 valence electrons. The molecule has 3 aromatic heterocycles. The fraction of sp³-hybridized carbons (Fsp3) is 0.588. The topological polar surface area (TPSA) is 104 Å². The predicted octanol–water partition coefficient (Wildman–Crippen LogP) is 0.0643. The van der Waals surface area contributed by atoms with Gasteiger partial charge in [0, 0.05) is 27.1 Å². The molecule has 0 bridgehead atoms. The summed E-state index contributed by atoms with van der Waals surface area (Å²) in [6, 6.07) is -0.343. The summed E-state index contributed by atoms with van der Waals surface area (Å²) in [6.45, 7) is 5.04. The van der Waals surface area contributed by atoms with Gasteiger partial charge in [-0.25, -0.2) is 9.78 Å². The van der Waals surface area contributed by atoms with Crippen LogP contribution in [0.1, 0.15) is 37.5 Å². The second-order valence-corrected chi connectivity index (χ2v) is 7.05. The van der Waals surface area contributed by atoms with E-state index in [9.17, 15) is 9.59 Å². The Balaban J connectivity index is 1.62. The maximum absolute atomic E-state index is 12.6. The van der Waals surface area contributed by atoms with Gasteiger partial charge in [-0.15, -0.1) is 0 Å². The van der Waals surface area contributed by atoms with Crippen molar-refractivity contribution < 1.29 is 4.52 Å². The maximum atomic E-state index is 12.6. The Kier molecular flexibility index (Phi) is 4.42. The van der Waals surface area contributed by atoms with Gasteiger partial charge in [-0.3, -0.25) is 13.9 Å². The third-order valence-electron chi connectivity index (χ3n) is 5.29. The van der Waals surface area contributed by atoms with Gasteiger partial charge >= 0.3 is 5.69 Å². The number of rotatable bonds is 5. The van der Waals surface area contributed by atoms with Crippen LogP contribution in [0.5, 0.6) is 0 Å². The molecule has 0 N–H and O–H groups in total. The highest BCUT2D eigenvalue weighted by atomic mass is 16.5. The van der Waals surface area contributed by atoms with E-state index in [-0.39, 0.29) is 6.04 Å². The molecule has 0 spiro atoms. The molecule has 1 aliphatic rings. The molecule has 1 saturated heterocycles. The molecule has 3 aromatic rings. The second-order valence-electron chi connectivity index (χ2n) is 7.05. The highest BCUT2D eigenvalue weighted by Gasteiger charge is 2.22. The first-order valence-corrected chi connectivity index (χ1v) is 9.14. The molecule has 1 aliphatic heterocycles. The van der Waals surface area contributed by atoms with E-state index in [2.05, 4.69) is 20.0 Å². The summed E-state index contributed by atoms with van der Waals surface area (Å²) in [7, 11) is 3.05. The average Bonchev–Trinajstić information content (AvgIpc) is 3.42. The van der Waals surface area contributed by atoms with E-state index in [1.807, 2.05) is 6.92 Å². The second kappa shape index (κ2) is 6.76. The van der Waals surface area contributed by atoms with E-state index in [0.717, 1.165) is 24.2 Å². The number of imidazole rings is 1. The normalized spacial score (nSPS) is 16.4. The van der Waals surface area contributed by atoms with Gasteiger partial charge in [-0.2, -0.15) is 4.98 Å². The van der Waals surface area contributed by atoms with Gasteiger partial charge in [-0.1, -0.05) is 5.16 Å². The predicted molar refractivity (Wildman–Crippen MR) is 97.7 cm³/mol. The number of hydrogen-bond acceptors (Lipinski definition) is 7. The molecule has 1 unspecified atom stereocenters. The summed E-state index contributed by atoms with van der Waals surface area (Å²) in [4.78, 5) is 35.8. The van der Waals surface area contributed by atoms with Crippen LogP contribution in [0.4, 0.5) is 0 Å². The van der Waals surface area contributed by atoms with Crippen molar-refractivity contribution in [2.75, 3.05) is 19.6 Å². The molecule has 10 heteroatoms. The van der Waals surface area contributed by atoms with Crippen LogP contribution in [0.15, 0.2) is 20.4 Å². The van der Waals surface area contributed by atoms with E-state index in [0.29, 0.717) is 29.3 Å². The van der Waals surface area contributed by atoms with Crippen LogP contribution in [0.2, 0.25) is 0 Å². The van der Waals surface area contributed by atoms with Crippen LogP contribution in [0.25, 0.3) is 11.2 Å². The molecule has 0 saturated carbocycles. The Morgan fingerprint density at radius 1 is 1.19 bits per heavy atom. The van der Waals surface area contributed by atoms with Crippen molar-refractivity contribution >= 4 is 11.2 Å². The van der Waals surface area contributed by atoms with Crippen LogP contribution >= 0.6 is 0 Å². The molecule has 1 fully saturated rings. The van der Waals surface area contributed by atoms with Crippen molar-refractivity contribution in [3.8, 4) is 0 Å². The van der Waals surface area contributed by atoms with Crippen LogP contribution in [-0.2, 0) is 20.5 Å². The van der Waals surface area contributed by atoms with Gasteiger partial charge in [0.1, 0.15) is 0 Å². The van der Waals surface area contributed by atoms with E-state index in [1.165, 1.54) is 30.8 Å². The highest BCUT2D eigenvalue weighted by Crippen LogP contribution is 2.19. The fourth-order valence-electron chi connectivity index (χ4n) is 3.58. The van der Waals surface area contributed by atoms with Crippen molar-refractivity contribution in [1.82, 2.24) is 33.7 Å². The Morgan fingerprint density at radius 3 is 2.67 bits per heavy atom. The molecular formula is C17H23N7O3. The quantitative estimate of drug-likeness (QED) is 0.623. The van der Waals surface area contributed by atoms with Gasteiger partial charge in [0.05, 0.1) is 12.4 Å². The first-order valence-electron chi connectivity index (χ1n) is 9.14. The number of likely N-dealkylation sites (tertiary alicyclic amines) is 1. The molecule has 4 rings (SSSR count). The standard InChI is InChI=1S/C17H23N7O3/c1-11(14-19-12(27-20-14)6-9-23-7-4-5-8-23)24-10-18-15-13(24)16(25)22(3)17(26)21(15)2/h10-11H,4-9H2,1-3H3. The zero-order valence-corrected chi connectivity index (χ0v) is 15.8. The summed E-state index contributed by atoms with van der Waals surface area (Å²) in [5, 5.41) is 4.09. The van der Waals surface area contributed by atoms with E-state index < -0.39 is 11.2 Å². The van der Waals surface area contributed by atoms with Crippen LogP contribution in [-0.4, -0.2) is 53.4 Å². The molecule has 27 heavy (non-hydrogen) atoms. The van der Waals surface area contributed by atoms with Gasteiger partial charge in [0.15, 0.2) is 17.0 Å². The van der Waals surface area contributed by atoms with Crippen molar-refractivity contribution in [1.29, 1.82) is 0 Å². The smallest absolute Gasteiger partial charge is 0.332 e. The Hall–Kier alpha value is -2.75. The van der Waals surface area contributed by atoms with Gasteiger partial charge < -0.3 is 14.0 Å². The minimum absolute atomic E-state index is 0.340. The van der Waals surface area contributed by atoms with Crippen molar-refractivity contribution in [3.63, 3.8) is 0 Å². The Morgan fingerprint density at radius 2 is 1.93 bits per heavy atom. The van der Waals surface area contributed by atoms with Crippen molar-refractivity contribution in [2.24, 2.45) is 14.1 Å². The lowest BCUT2D eigenvalue weighted by Crippen LogP contribution is -2.37. The molecule has 1 atom stereocenters. The lowest BCUT2D eigenvalue weighted by atomic mass is 10.3. The maximum Gasteiger partial charge on any atom is 0.332 e. The summed E-state index contributed by atoms with van der Waals surface area (Å²) in [5.41, 5.74) is -0.118. The minimum Gasteiger partial charge on any atom is -0.339 e. The molecule has 10 nitrogen and oxygen atoms in total. The molecule has 0 amide bonds. The zero-order chi connectivity index (χ0) is 19.1. The van der Waals surface area contributed by atoms with Crippen LogP contribution in [0.3, 0.4) is 0 Å². The zero-order valence-electron chi connectivity index (χ0n) is 15.8. The Labute approximate surface area is 155 Å². The highest BCUT2D eigenvalue weighted by molar-refractivity contribution is 5.70. The van der Waals surface area contributed by atoms with Crippen molar-refractivity contribution in [3.05, 3.63) is 38.9 Å². The Bertz CT molecular complexity index is 1080. The molecular weight excluding hydrogens is 350 g/mol. The number of aromatic nitrogens is 6. The third kappa shape index (κ3) is 2.99. The van der Waals surface area contributed by atoms with Crippen LogP contribution < -0.4 is 11.2 Å². The largest absolute Gasteiger partial charge is 0.339 e. The summed E-state index contributed by atoms with van der Waals surface area (Å²) >= 11 is 0. The van der Waals surface area contributed by atoms with E-state index in [4.69, 9.17) is 4.52 Å². The molecule has 0 radical (unpaired) electrons. The third-order valence-corrected chi connectivity index (χ3v) is 5.29. The van der Waals surface area contributed by atoms with Gasteiger partial charge in [0.25, 0.3) is 5.56 Å². The number of fused-ring (bicyclic) bond motifs is 1. The summed E-state index contributed by atoms with van der Waals surface area (Å²) in [5.74, 6) is 1.08. The first kappa shape index (κ1) is 17.7. The van der Waals surface area contributed by atoms with Gasteiger partial charge in [0.2, 0.25) is 5.89 Å². The number of aryl methyl sites for hydroxylation is 1. The molecule has 0 aliphatic carbocycles. The number of nitrogens with zero attached hydrogens (tertiary/aromatic N) is 7. The monoisotopic (exact) mass is 373 g/mol. The lowest BCUT2D eigenvalue weighted by Gasteiger charge is -2.12. The SMILES string of the molecule is CC(c1noc(CCN2CCCC2)n1)n1cnc2c1c(=O)n(C)c(=O)n2C. The average molecular weight is 373 g/mol. The minimum atomic E-state index is -0.408. The molecule has 4 heterocycles. The molecule has 0 aromatic carbocycles. The number of hydrogen-bond donors (Lipinski definition) is 0. The van der Waals surface area contributed by atoms with Gasteiger partial charge in [-0.05, 0) is 32.9 Å². The van der Waals surface area contributed by atoms with E-state index in [1.54, 1.807) is 11.6 Å². The van der Waals surface area contributed by atoms with E-state index >= 15 is 0 Å². The lowest BCUT2D eigenvalue weighted by molar-refractivity contribution is 0.310.